The Morgan fingerprint density at radius 2 is 2.00 bits per heavy atom. The van der Waals surface area contributed by atoms with Gasteiger partial charge in [-0.2, -0.15) is 0 Å². The summed E-state index contributed by atoms with van der Waals surface area (Å²) in [6.07, 6.45) is -1.40. The van der Waals surface area contributed by atoms with Gasteiger partial charge < -0.3 is 20.5 Å². The Kier molecular flexibility index (Phi) is 6.29. The zero-order chi connectivity index (χ0) is 21.0. The molecular weight excluding hydrogens is 394 g/mol. The molecule has 4 unspecified atom stereocenters. The molecule has 9 heteroatoms. The maximum atomic E-state index is 13.0. The number of hydrogen-bond donors (Lipinski definition) is 3. The van der Waals surface area contributed by atoms with Gasteiger partial charge in [-0.3, -0.25) is 9.59 Å². The molecule has 1 saturated heterocycles. The third-order valence-corrected chi connectivity index (χ3v) is 5.88. The Labute approximate surface area is 172 Å². The van der Waals surface area contributed by atoms with E-state index in [1.165, 1.54) is 11.3 Å². The summed E-state index contributed by atoms with van der Waals surface area (Å²) in [6.45, 7) is 3.62. The number of carboxylic acid groups (broad SMARTS) is 1. The fourth-order valence-corrected chi connectivity index (χ4v) is 3.87. The minimum Gasteiger partial charge on any atom is -0.479 e. The lowest BCUT2D eigenvalue weighted by molar-refractivity contribution is -0.138. The van der Waals surface area contributed by atoms with Crippen LogP contribution in [0.2, 0.25) is 0 Å². The number of rotatable bonds is 9. The van der Waals surface area contributed by atoms with Crippen LogP contribution in [0.3, 0.4) is 0 Å². The Morgan fingerprint density at radius 1 is 1.28 bits per heavy atom. The molecule has 29 heavy (non-hydrogen) atoms. The molecule has 1 fully saturated rings. The lowest BCUT2D eigenvalue weighted by Gasteiger charge is -2.38. The standard InChI is InChI=1S/C20H23N3O5S/c1-3-20(9-14-10-29-11-21-14,23-18(25)15-16(28-15)19(26)27)12(2)17(24)22-13-7-5-4-6-8-13/h4-8,10-12,15-16H,3,9H2,1-2H3,(H,22,24)(H,23,25)(H,26,27). The number of para-hydroxylation sites is 1. The largest absolute Gasteiger partial charge is 0.479 e. The summed E-state index contributed by atoms with van der Waals surface area (Å²) < 4.78 is 4.98. The first-order valence-corrected chi connectivity index (χ1v) is 10.2. The Balaban J connectivity index is 1.81. The molecular formula is C20H23N3O5S. The molecule has 1 aliphatic heterocycles. The highest BCUT2D eigenvalue weighted by Crippen LogP contribution is 2.30. The van der Waals surface area contributed by atoms with Crippen LogP contribution in [0.5, 0.6) is 0 Å². The van der Waals surface area contributed by atoms with E-state index in [1.807, 2.05) is 30.5 Å². The van der Waals surface area contributed by atoms with Gasteiger partial charge in [0.05, 0.1) is 22.7 Å². The number of nitrogens with one attached hydrogen (secondary N) is 2. The van der Waals surface area contributed by atoms with Crippen molar-refractivity contribution in [3.8, 4) is 0 Å². The topological polar surface area (TPSA) is 121 Å². The van der Waals surface area contributed by atoms with E-state index in [0.717, 1.165) is 5.69 Å². The lowest BCUT2D eigenvalue weighted by atomic mass is 9.78. The lowest BCUT2D eigenvalue weighted by Crippen LogP contribution is -2.58. The molecule has 4 atom stereocenters. The van der Waals surface area contributed by atoms with Gasteiger partial charge in [-0.1, -0.05) is 32.0 Å². The quantitative estimate of drug-likeness (QED) is 0.537. The molecule has 3 N–H and O–H groups in total. The maximum Gasteiger partial charge on any atom is 0.336 e. The van der Waals surface area contributed by atoms with Crippen molar-refractivity contribution < 1.29 is 24.2 Å². The monoisotopic (exact) mass is 417 g/mol. The summed E-state index contributed by atoms with van der Waals surface area (Å²) in [6, 6.07) is 9.06. The highest BCUT2D eigenvalue weighted by molar-refractivity contribution is 7.07. The molecule has 1 aliphatic rings. The number of hydrogen-bond acceptors (Lipinski definition) is 6. The molecule has 2 heterocycles. The number of aromatic nitrogens is 1. The zero-order valence-electron chi connectivity index (χ0n) is 16.1. The van der Waals surface area contributed by atoms with Crippen molar-refractivity contribution in [3.05, 3.63) is 46.9 Å². The van der Waals surface area contributed by atoms with Crippen LogP contribution in [0.4, 0.5) is 5.69 Å². The molecule has 8 nitrogen and oxygen atoms in total. The first kappa shape index (κ1) is 20.9. The highest BCUT2D eigenvalue weighted by atomic mass is 32.1. The number of benzene rings is 1. The number of nitrogens with zero attached hydrogens (tertiary/aromatic N) is 1. The molecule has 1 aromatic heterocycles. The van der Waals surface area contributed by atoms with Crippen molar-refractivity contribution in [2.24, 2.45) is 5.92 Å². The van der Waals surface area contributed by atoms with E-state index in [4.69, 9.17) is 9.84 Å². The molecule has 2 aromatic rings. The van der Waals surface area contributed by atoms with E-state index >= 15 is 0 Å². The molecule has 154 valence electrons. The number of ether oxygens (including phenoxy) is 1. The van der Waals surface area contributed by atoms with E-state index in [2.05, 4.69) is 15.6 Å². The third kappa shape index (κ3) is 4.80. The van der Waals surface area contributed by atoms with Crippen molar-refractivity contribution in [3.63, 3.8) is 0 Å². The van der Waals surface area contributed by atoms with Crippen LogP contribution in [-0.2, 0) is 25.5 Å². The smallest absolute Gasteiger partial charge is 0.336 e. The second-order valence-electron chi connectivity index (χ2n) is 7.05. The second kappa shape index (κ2) is 8.71. The van der Waals surface area contributed by atoms with Crippen molar-refractivity contribution >= 4 is 34.8 Å². The van der Waals surface area contributed by atoms with Gasteiger partial charge >= 0.3 is 5.97 Å². The number of anilines is 1. The molecule has 2 amide bonds. The van der Waals surface area contributed by atoms with E-state index in [-0.39, 0.29) is 5.91 Å². The molecule has 0 spiro atoms. The Bertz CT molecular complexity index is 874. The summed E-state index contributed by atoms with van der Waals surface area (Å²) in [5, 5.41) is 16.7. The van der Waals surface area contributed by atoms with Crippen LogP contribution in [0.25, 0.3) is 0 Å². The van der Waals surface area contributed by atoms with Crippen LogP contribution in [0, 0.1) is 5.92 Å². The van der Waals surface area contributed by atoms with Crippen molar-refractivity contribution in [1.82, 2.24) is 10.3 Å². The molecule has 1 aromatic carbocycles. The number of aliphatic carboxylic acids is 1. The Morgan fingerprint density at radius 3 is 2.55 bits per heavy atom. The predicted molar refractivity (Wildman–Crippen MR) is 108 cm³/mol. The first-order valence-electron chi connectivity index (χ1n) is 9.29. The molecule has 0 radical (unpaired) electrons. The number of carbonyl (C=O) groups is 3. The van der Waals surface area contributed by atoms with Crippen molar-refractivity contribution in [1.29, 1.82) is 0 Å². The fourth-order valence-electron chi connectivity index (χ4n) is 3.31. The number of epoxide rings is 1. The zero-order valence-corrected chi connectivity index (χ0v) is 16.9. The van der Waals surface area contributed by atoms with E-state index < -0.39 is 35.5 Å². The fraction of sp³-hybridized carbons (Fsp3) is 0.400. The number of carbonyl (C=O) groups excluding carboxylic acids is 2. The van der Waals surface area contributed by atoms with Crippen LogP contribution in [-0.4, -0.2) is 45.6 Å². The summed E-state index contributed by atoms with van der Waals surface area (Å²) in [5.74, 6) is -2.57. The van der Waals surface area contributed by atoms with E-state index in [1.54, 1.807) is 24.6 Å². The van der Waals surface area contributed by atoms with Gasteiger partial charge in [-0.15, -0.1) is 11.3 Å². The van der Waals surface area contributed by atoms with E-state index in [9.17, 15) is 14.4 Å². The van der Waals surface area contributed by atoms with Crippen LogP contribution in [0.1, 0.15) is 26.0 Å². The van der Waals surface area contributed by atoms with Gasteiger partial charge in [0, 0.05) is 17.5 Å². The molecule has 0 bridgehead atoms. The molecule has 0 saturated carbocycles. The third-order valence-electron chi connectivity index (χ3n) is 5.24. The van der Waals surface area contributed by atoms with Crippen molar-refractivity contribution in [2.75, 3.05) is 5.32 Å². The molecule has 0 aliphatic carbocycles. The average Bonchev–Trinajstić information content (AvgIpc) is 3.38. The average molecular weight is 417 g/mol. The van der Waals surface area contributed by atoms with E-state index in [0.29, 0.717) is 18.5 Å². The number of thiazole rings is 1. The van der Waals surface area contributed by atoms with Crippen LogP contribution >= 0.6 is 11.3 Å². The van der Waals surface area contributed by atoms with Crippen molar-refractivity contribution in [2.45, 2.75) is 44.4 Å². The SMILES string of the molecule is CCC(Cc1cscn1)(NC(=O)C1OC1C(=O)O)C(C)C(=O)Nc1ccccc1. The van der Waals surface area contributed by atoms with Gasteiger partial charge in [-0.05, 0) is 18.6 Å². The summed E-state index contributed by atoms with van der Waals surface area (Å²) in [4.78, 5) is 41.0. The van der Waals surface area contributed by atoms with Crippen LogP contribution in [0.15, 0.2) is 41.2 Å². The number of carboxylic acids is 1. The normalized spacial score (nSPS) is 20.9. The van der Waals surface area contributed by atoms with Crippen LogP contribution < -0.4 is 10.6 Å². The van der Waals surface area contributed by atoms with Gasteiger partial charge in [0.2, 0.25) is 5.91 Å². The number of amides is 2. The molecule has 3 rings (SSSR count). The summed E-state index contributed by atoms with van der Waals surface area (Å²) in [7, 11) is 0. The Hall–Kier alpha value is -2.78. The first-order chi connectivity index (χ1) is 13.9. The van der Waals surface area contributed by atoms with Gasteiger partial charge in [0.25, 0.3) is 5.91 Å². The minimum atomic E-state index is -1.18. The van der Waals surface area contributed by atoms with Gasteiger partial charge in [-0.25, -0.2) is 9.78 Å². The summed E-state index contributed by atoms with van der Waals surface area (Å²) in [5.41, 5.74) is 2.16. The predicted octanol–water partition coefficient (Wildman–Crippen LogP) is 2.08. The minimum absolute atomic E-state index is 0.250. The summed E-state index contributed by atoms with van der Waals surface area (Å²) >= 11 is 1.43. The van der Waals surface area contributed by atoms with Gasteiger partial charge in [0.15, 0.2) is 12.2 Å². The second-order valence-corrected chi connectivity index (χ2v) is 7.77. The van der Waals surface area contributed by atoms with Gasteiger partial charge in [0.1, 0.15) is 0 Å². The maximum absolute atomic E-state index is 13.0. The highest BCUT2D eigenvalue weighted by Gasteiger charge is 2.53.